The Labute approximate surface area is 208 Å². The van der Waals surface area contributed by atoms with E-state index in [1.54, 1.807) is 20.3 Å². The lowest BCUT2D eigenvalue weighted by atomic mass is 10.00. The van der Waals surface area contributed by atoms with E-state index in [1.807, 2.05) is 36.4 Å². The second kappa shape index (κ2) is 13.6. The van der Waals surface area contributed by atoms with Crippen molar-refractivity contribution in [3.63, 3.8) is 0 Å². The fraction of sp³-hybridized carbons (Fsp3) is 0.393. The topological polar surface area (TPSA) is 78.1 Å². The van der Waals surface area contributed by atoms with E-state index in [0.29, 0.717) is 62.3 Å². The molecule has 1 aliphatic heterocycles. The summed E-state index contributed by atoms with van der Waals surface area (Å²) in [4.78, 5) is 13.4. The van der Waals surface area contributed by atoms with Crippen LogP contribution < -0.4 is 20.1 Å². The number of ketones is 1. The van der Waals surface area contributed by atoms with Gasteiger partial charge in [-0.2, -0.15) is 0 Å². The van der Waals surface area contributed by atoms with Crippen LogP contribution in [0.15, 0.2) is 61.3 Å². The Morgan fingerprint density at radius 2 is 1.77 bits per heavy atom. The molecule has 1 atom stereocenters. The van der Waals surface area contributed by atoms with Crippen LogP contribution in [0.2, 0.25) is 0 Å². The number of carbonyl (C=O) groups is 1. The fourth-order valence-corrected chi connectivity index (χ4v) is 3.93. The number of benzene rings is 2. The summed E-state index contributed by atoms with van der Waals surface area (Å²) in [5.74, 6) is 1.28. The fourth-order valence-electron chi connectivity index (χ4n) is 3.93. The van der Waals surface area contributed by atoms with Crippen LogP contribution in [-0.4, -0.2) is 45.9 Å². The highest BCUT2D eigenvalue weighted by Gasteiger charge is 2.22. The monoisotopic (exact) mass is 480 g/mol. The van der Waals surface area contributed by atoms with Gasteiger partial charge in [-0.25, -0.2) is 0 Å². The number of nitrogens with one attached hydrogen (secondary N) is 2. The van der Waals surface area contributed by atoms with Gasteiger partial charge in [0, 0.05) is 30.5 Å². The number of fused-ring (bicyclic) bond motifs is 1. The van der Waals surface area contributed by atoms with Crippen LogP contribution in [0, 0.1) is 0 Å². The Hall–Kier alpha value is -3.29. The van der Waals surface area contributed by atoms with Crippen molar-refractivity contribution in [1.29, 1.82) is 0 Å². The molecule has 0 radical (unpaired) electrons. The van der Waals surface area contributed by atoms with Gasteiger partial charge in [0.15, 0.2) is 5.78 Å². The summed E-state index contributed by atoms with van der Waals surface area (Å²) >= 11 is 0. The van der Waals surface area contributed by atoms with Gasteiger partial charge < -0.3 is 29.6 Å². The highest BCUT2D eigenvalue weighted by molar-refractivity contribution is 5.99. The first kappa shape index (κ1) is 26.3. The molecular formula is C28H36N2O5. The van der Waals surface area contributed by atoms with Crippen LogP contribution in [0.1, 0.15) is 36.0 Å². The van der Waals surface area contributed by atoms with E-state index >= 15 is 0 Å². The molecule has 0 amide bonds. The molecule has 2 aromatic carbocycles. The van der Waals surface area contributed by atoms with Gasteiger partial charge in [0.1, 0.15) is 11.5 Å². The summed E-state index contributed by atoms with van der Waals surface area (Å²) < 4.78 is 22.1. The third-order valence-corrected chi connectivity index (χ3v) is 5.88. The number of hydrogen-bond acceptors (Lipinski definition) is 7. The highest BCUT2D eigenvalue weighted by Crippen LogP contribution is 2.23. The Morgan fingerprint density at radius 1 is 1.06 bits per heavy atom. The van der Waals surface area contributed by atoms with Crippen molar-refractivity contribution in [2.45, 2.75) is 38.5 Å². The molecule has 0 saturated carbocycles. The maximum Gasteiger partial charge on any atom is 0.200 e. The van der Waals surface area contributed by atoms with Crippen molar-refractivity contribution >= 4 is 11.5 Å². The van der Waals surface area contributed by atoms with Gasteiger partial charge in [-0.1, -0.05) is 37.4 Å². The summed E-state index contributed by atoms with van der Waals surface area (Å²) in [5, 5.41) is 6.53. The van der Waals surface area contributed by atoms with Crippen molar-refractivity contribution < 1.29 is 23.7 Å². The van der Waals surface area contributed by atoms with Crippen LogP contribution in [0.4, 0.5) is 0 Å². The molecule has 1 aliphatic rings. The zero-order chi connectivity index (χ0) is 25.0. The van der Waals surface area contributed by atoms with E-state index in [0.717, 1.165) is 29.5 Å². The SMILES string of the molecule is C=C(NCc1cc(OC)cc(OC)c1)C(=O)C1CCCCOCCOCc2ccccc2C(=C)N1. The molecule has 0 spiro atoms. The predicted molar refractivity (Wildman–Crippen MR) is 137 cm³/mol. The summed E-state index contributed by atoms with van der Waals surface area (Å²) in [6.45, 7) is 10.9. The second-order valence-electron chi connectivity index (χ2n) is 8.41. The lowest BCUT2D eigenvalue weighted by Gasteiger charge is -2.23. The van der Waals surface area contributed by atoms with Gasteiger partial charge in [0.2, 0.25) is 0 Å². The highest BCUT2D eigenvalue weighted by atomic mass is 16.5. The molecule has 7 nitrogen and oxygen atoms in total. The number of carbonyl (C=O) groups excluding carboxylic acids is 1. The minimum Gasteiger partial charge on any atom is -0.497 e. The number of Topliss-reactive ketones (excluding diaryl/α,β-unsaturated/α-hetero) is 1. The van der Waals surface area contributed by atoms with Crippen molar-refractivity contribution in [2.24, 2.45) is 0 Å². The normalized spacial score (nSPS) is 17.3. The summed E-state index contributed by atoms with van der Waals surface area (Å²) in [6.07, 6.45) is 2.34. The molecule has 0 bridgehead atoms. The van der Waals surface area contributed by atoms with Crippen LogP contribution in [0.5, 0.6) is 11.5 Å². The first-order valence-electron chi connectivity index (χ1n) is 11.9. The van der Waals surface area contributed by atoms with Crippen LogP contribution in [0.3, 0.4) is 0 Å². The predicted octanol–water partition coefficient (Wildman–Crippen LogP) is 4.22. The molecule has 2 N–H and O–H groups in total. The van der Waals surface area contributed by atoms with Crippen LogP contribution >= 0.6 is 0 Å². The quantitative estimate of drug-likeness (QED) is 0.575. The zero-order valence-corrected chi connectivity index (χ0v) is 20.7. The summed E-state index contributed by atoms with van der Waals surface area (Å²) in [5.41, 5.74) is 3.90. The summed E-state index contributed by atoms with van der Waals surface area (Å²) in [6, 6.07) is 13.1. The van der Waals surface area contributed by atoms with Crippen molar-refractivity contribution in [3.05, 3.63) is 78.0 Å². The molecule has 188 valence electrons. The van der Waals surface area contributed by atoms with Crippen LogP contribution in [-0.2, 0) is 27.4 Å². The van der Waals surface area contributed by atoms with E-state index in [2.05, 4.69) is 23.8 Å². The number of methoxy groups -OCH3 is 2. The molecule has 7 heteroatoms. The average molecular weight is 481 g/mol. The smallest absolute Gasteiger partial charge is 0.200 e. The van der Waals surface area contributed by atoms with Crippen molar-refractivity contribution in [1.82, 2.24) is 10.6 Å². The minimum absolute atomic E-state index is 0.0947. The third-order valence-electron chi connectivity index (χ3n) is 5.88. The Morgan fingerprint density at radius 3 is 2.51 bits per heavy atom. The van der Waals surface area contributed by atoms with Crippen molar-refractivity contribution in [2.75, 3.05) is 34.0 Å². The molecule has 3 rings (SSSR count). The van der Waals surface area contributed by atoms with E-state index < -0.39 is 6.04 Å². The first-order valence-corrected chi connectivity index (χ1v) is 11.9. The van der Waals surface area contributed by atoms with Gasteiger partial charge in [0.05, 0.1) is 45.8 Å². The van der Waals surface area contributed by atoms with Gasteiger partial charge >= 0.3 is 0 Å². The van der Waals surface area contributed by atoms with E-state index in [-0.39, 0.29) is 5.78 Å². The molecular weight excluding hydrogens is 444 g/mol. The zero-order valence-electron chi connectivity index (χ0n) is 20.7. The molecule has 0 saturated heterocycles. The lowest BCUT2D eigenvalue weighted by Crippen LogP contribution is -2.39. The standard InChI is InChI=1S/C28H36N2O5/c1-20-26-10-6-5-9-23(26)19-35-14-13-34-12-8-7-11-27(30-20)28(31)21(2)29-18-22-15-24(32-3)17-25(16-22)33-4/h5-6,9-10,15-17,27,29-30H,1-2,7-8,11-14,18-19H2,3-4H3. The Bertz CT molecular complexity index is 998. The molecule has 0 aliphatic carbocycles. The first-order chi connectivity index (χ1) is 17.0. The molecule has 2 aromatic rings. The third kappa shape index (κ3) is 7.87. The van der Waals surface area contributed by atoms with Crippen LogP contribution in [0.25, 0.3) is 5.70 Å². The average Bonchev–Trinajstić information content (AvgIpc) is 2.89. The van der Waals surface area contributed by atoms with E-state index in [9.17, 15) is 4.79 Å². The Kier molecular flexibility index (Phi) is 10.2. The maximum atomic E-state index is 13.4. The number of hydrogen-bond donors (Lipinski definition) is 2. The number of rotatable bonds is 7. The molecule has 1 heterocycles. The molecule has 35 heavy (non-hydrogen) atoms. The van der Waals surface area contributed by atoms with Crippen molar-refractivity contribution in [3.8, 4) is 11.5 Å². The summed E-state index contributed by atoms with van der Waals surface area (Å²) in [7, 11) is 3.21. The lowest BCUT2D eigenvalue weighted by molar-refractivity contribution is -0.117. The van der Waals surface area contributed by atoms with Gasteiger partial charge in [-0.05, 0) is 42.5 Å². The largest absolute Gasteiger partial charge is 0.497 e. The van der Waals surface area contributed by atoms with Gasteiger partial charge in [-0.15, -0.1) is 0 Å². The maximum absolute atomic E-state index is 13.4. The second-order valence-corrected chi connectivity index (χ2v) is 8.41. The molecule has 0 fully saturated rings. The van der Waals surface area contributed by atoms with E-state index in [1.165, 1.54) is 0 Å². The molecule has 0 aromatic heterocycles. The molecule has 1 unspecified atom stereocenters. The minimum atomic E-state index is -0.459. The van der Waals surface area contributed by atoms with E-state index in [4.69, 9.17) is 18.9 Å². The van der Waals surface area contributed by atoms with Gasteiger partial charge in [0.25, 0.3) is 0 Å². The van der Waals surface area contributed by atoms with Gasteiger partial charge in [-0.3, -0.25) is 4.79 Å². The number of ether oxygens (including phenoxy) is 4. The Balaban J connectivity index is 1.71.